The van der Waals surface area contributed by atoms with Crippen molar-refractivity contribution in [1.82, 2.24) is 5.43 Å². The highest BCUT2D eigenvalue weighted by molar-refractivity contribution is 7.92. The molecule has 0 fully saturated rings. The van der Waals surface area contributed by atoms with E-state index in [0.717, 1.165) is 11.1 Å². The second-order valence-electron chi connectivity index (χ2n) is 7.54. The Hall–Kier alpha value is -4.43. The van der Waals surface area contributed by atoms with Crippen LogP contribution in [0.25, 0.3) is 0 Å². The molecule has 0 spiro atoms. The van der Waals surface area contributed by atoms with Gasteiger partial charge >= 0.3 is 0 Å². The first-order valence-corrected chi connectivity index (χ1v) is 12.3. The largest absolute Gasteiger partial charge is 0.489 e. The van der Waals surface area contributed by atoms with Crippen molar-refractivity contribution in [1.29, 1.82) is 0 Å². The van der Waals surface area contributed by atoms with Crippen molar-refractivity contribution in [2.75, 3.05) is 4.72 Å². The summed E-state index contributed by atoms with van der Waals surface area (Å²) < 4.78 is 33.1. The highest BCUT2D eigenvalue weighted by atomic mass is 32.2. The van der Waals surface area contributed by atoms with Crippen LogP contribution in [0.5, 0.6) is 5.75 Å². The lowest BCUT2D eigenvalue weighted by molar-refractivity contribution is 0.0955. The Kier molecular flexibility index (Phi) is 7.54. The van der Waals surface area contributed by atoms with Crippen molar-refractivity contribution in [3.05, 3.63) is 126 Å². The monoisotopic (exact) mass is 485 g/mol. The van der Waals surface area contributed by atoms with Gasteiger partial charge in [0.2, 0.25) is 0 Å². The van der Waals surface area contributed by atoms with E-state index in [1.54, 1.807) is 18.2 Å². The Labute approximate surface area is 204 Å². The van der Waals surface area contributed by atoms with E-state index in [2.05, 4.69) is 15.2 Å². The van der Waals surface area contributed by atoms with Crippen molar-refractivity contribution >= 4 is 27.8 Å². The fourth-order valence-corrected chi connectivity index (χ4v) is 4.24. The number of anilines is 1. The molecule has 8 heteroatoms. The molecule has 0 saturated carbocycles. The molecule has 0 unspecified atom stereocenters. The average Bonchev–Trinajstić information content (AvgIpc) is 2.89. The van der Waals surface area contributed by atoms with Gasteiger partial charge < -0.3 is 4.74 Å². The molecule has 4 aromatic rings. The summed E-state index contributed by atoms with van der Waals surface area (Å²) >= 11 is 0. The summed E-state index contributed by atoms with van der Waals surface area (Å²) in [5, 5.41) is 4.01. The molecular formula is C27H23N3O4S. The second-order valence-corrected chi connectivity index (χ2v) is 9.22. The summed E-state index contributed by atoms with van der Waals surface area (Å²) in [6.07, 6.45) is 1.52. The molecule has 0 atom stereocenters. The third-order valence-electron chi connectivity index (χ3n) is 4.94. The van der Waals surface area contributed by atoms with Gasteiger partial charge in [0.25, 0.3) is 15.9 Å². The number of carbonyl (C=O) groups excluding carboxylic acids is 1. The van der Waals surface area contributed by atoms with Crippen LogP contribution >= 0.6 is 0 Å². The van der Waals surface area contributed by atoms with Crippen molar-refractivity contribution in [2.45, 2.75) is 11.5 Å². The fraction of sp³-hybridized carbons (Fsp3) is 0.0370. The number of benzene rings is 4. The van der Waals surface area contributed by atoms with Crippen LogP contribution in [0, 0.1) is 0 Å². The van der Waals surface area contributed by atoms with Crippen LogP contribution in [0.2, 0.25) is 0 Å². The fourth-order valence-electron chi connectivity index (χ4n) is 3.16. The van der Waals surface area contributed by atoms with Gasteiger partial charge in [0, 0.05) is 11.3 Å². The second kappa shape index (κ2) is 11.1. The van der Waals surface area contributed by atoms with Crippen molar-refractivity contribution in [3.8, 4) is 5.75 Å². The first-order chi connectivity index (χ1) is 17.0. The van der Waals surface area contributed by atoms with Crippen molar-refractivity contribution in [2.24, 2.45) is 5.10 Å². The van der Waals surface area contributed by atoms with E-state index in [-0.39, 0.29) is 4.90 Å². The van der Waals surface area contributed by atoms with Gasteiger partial charge in [-0.05, 0) is 59.7 Å². The lowest BCUT2D eigenvalue weighted by atomic mass is 10.2. The highest BCUT2D eigenvalue weighted by Crippen LogP contribution is 2.17. The number of ether oxygens (including phenoxy) is 1. The number of hydrogen-bond donors (Lipinski definition) is 2. The molecule has 4 aromatic carbocycles. The Bertz CT molecular complexity index is 1410. The van der Waals surface area contributed by atoms with E-state index in [4.69, 9.17) is 4.74 Å². The average molecular weight is 486 g/mol. The van der Waals surface area contributed by atoms with Crippen molar-refractivity contribution < 1.29 is 17.9 Å². The predicted molar refractivity (Wildman–Crippen MR) is 136 cm³/mol. The van der Waals surface area contributed by atoms with E-state index < -0.39 is 15.9 Å². The topological polar surface area (TPSA) is 96.9 Å². The maximum Gasteiger partial charge on any atom is 0.271 e. The first-order valence-electron chi connectivity index (χ1n) is 10.8. The molecule has 0 saturated heterocycles. The van der Waals surface area contributed by atoms with Crippen LogP contribution in [0.4, 0.5) is 5.69 Å². The molecular weight excluding hydrogens is 462 g/mol. The summed E-state index contributed by atoms with van der Waals surface area (Å²) in [5.74, 6) is 0.271. The number of nitrogens with one attached hydrogen (secondary N) is 2. The summed E-state index contributed by atoms with van der Waals surface area (Å²) in [6, 6.07) is 31.4. The number of sulfonamides is 1. The number of hydrazone groups is 1. The molecule has 2 N–H and O–H groups in total. The molecule has 0 aliphatic rings. The molecule has 0 heterocycles. The Morgan fingerprint density at radius 1 is 0.829 bits per heavy atom. The minimum Gasteiger partial charge on any atom is -0.489 e. The van der Waals surface area contributed by atoms with E-state index >= 15 is 0 Å². The highest BCUT2D eigenvalue weighted by Gasteiger charge is 2.13. The van der Waals surface area contributed by atoms with E-state index in [1.165, 1.54) is 42.6 Å². The summed E-state index contributed by atoms with van der Waals surface area (Å²) in [5.41, 5.74) is 4.99. The van der Waals surface area contributed by atoms with Gasteiger partial charge in [-0.25, -0.2) is 13.8 Å². The Morgan fingerprint density at radius 3 is 2.23 bits per heavy atom. The minimum atomic E-state index is -3.70. The van der Waals surface area contributed by atoms with Gasteiger partial charge in [0.15, 0.2) is 0 Å². The molecule has 0 radical (unpaired) electrons. The molecule has 0 bridgehead atoms. The van der Waals surface area contributed by atoms with Gasteiger partial charge in [-0.2, -0.15) is 5.10 Å². The molecule has 1 amide bonds. The third kappa shape index (κ3) is 6.78. The number of rotatable bonds is 9. The van der Waals surface area contributed by atoms with E-state index in [1.807, 2.05) is 54.6 Å². The minimum absolute atomic E-state index is 0.158. The van der Waals surface area contributed by atoms with E-state index in [9.17, 15) is 13.2 Å². The Morgan fingerprint density at radius 2 is 1.51 bits per heavy atom. The maximum atomic E-state index is 12.4. The molecule has 0 aliphatic heterocycles. The third-order valence-corrected chi connectivity index (χ3v) is 6.34. The van der Waals surface area contributed by atoms with Crippen LogP contribution in [0.15, 0.2) is 119 Å². The van der Waals surface area contributed by atoms with E-state index in [0.29, 0.717) is 23.6 Å². The number of amides is 1. The first kappa shape index (κ1) is 23.7. The van der Waals surface area contributed by atoms with Crippen LogP contribution in [-0.2, 0) is 16.6 Å². The Balaban J connectivity index is 1.32. The van der Waals surface area contributed by atoms with Gasteiger partial charge in [0.1, 0.15) is 12.4 Å². The zero-order valence-electron chi connectivity index (χ0n) is 18.7. The molecule has 0 aromatic heterocycles. The molecule has 0 aliphatic carbocycles. The van der Waals surface area contributed by atoms with Crippen molar-refractivity contribution in [3.63, 3.8) is 0 Å². The zero-order valence-corrected chi connectivity index (χ0v) is 19.5. The summed E-state index contributed by atoms with van der Waals surface area (Å²) in [6.45, 7) is 0.454. The predicted octanol–water partition coefficient (Wildman–Crippen LogP) is 4.83. The van der Waals surface area contributed by atoms with Crippen LogP contribution in [0.1, 0.15) is 21.5 Å². The SMILES string of the molecule is O=C(N/N=C\c1cccc(OCc2ccccc2)c1)c1ccc(NS(=O)(=O)c2ccccc2)cc1. The standard InChI is InChI=1S/C27H23N3O4S/c31-27(23-14-16-24(17-15-23)30-35(32,33)26-12-5-2-6-13-26)29-28-19-22-10-7-11-25(18-22)34-20-21-8-3-1-4-9-21/h1-19,30H,20H2,(H,29,31)/b28-19-. The number of hydrogen-bond acceptors (Lipinski definition) is 5. The number of nitrogens with zero attached hydrogens (tertiary/aromatic N) is 1. The van der Waals surface area contributed by atoms with Gasteiger partial charge in [-0.1, -0.05) is 60.7 Å². The van der Waals surface area contributed by atoms with Gasteiger partial charge in [-0.15, -0.1) is 0 Å². The summed E-state index contributed by atoms with van der Waals surface area (Å²) in [7, 11) is -3.70. The number of carbonyl (C=O) groups is 1. The van der Waals surface area contributed by atoms with Crippen LogP contribution in [0.3, 0.4) is 0 Å². The lowest BCUT2D eigenvalue weighted by Gasteiger charge is -2.08. The normalized spacial score (nSPS) is 11.2. The molecule has 176 valence electrons. The maximum absolute atomic E-state index is 12.4. The van der Waals surface area contributed by atoms with Crippen LogP contribution in [-0.4, -0.2) is 20.5 Å². The zero-order chi connectivity index (χ0) is 24.5. The van der Waals surface area contributed by atoms with Crippen LogP contribution < -0.4 is 14.9 Å². The quantitative estimate of drug-likeness (QED) is 0.262. The molecule has 35 heavy (non-hydrogen) atoms. The summed E-state index contributed by atoms with van der Waals surface area (Å²) in [4.78, 5) is 12.5. The smallest absolute Gasteiger partial charge is 0.271 e. The molecule has 7 nitrogen and oxygen atoms in total. The van der Waals surface area contributed by atoms with Gasteiger partial charge in [-0.3, -0.25) is 9.52 Å². The lowest BCUT2D eigenvalue weighted by Crippen LogP contribution is -2.18. The van der Waals surface area contributed by atoms with Gasteiger partial charge in [0.05, 0.1) is 11.1 Å². The molecule has 4 rings (SSSR count).